The van der Waals surface area contributed by atoms with E-state index in [2.05, 4.69) is 48.1 Å². The van der Waals surface area contributed by atoms with Crippen LogP contribution in [0, 0.1) is 5.92 Å². The van der Waals surface area contributed by atoms with E-state index >= 15 is 0 Å². The van der Waals surface area contributed by atoms with E-state index in [0.717, 1.165) is 25.6 Å². The maximum atomic E-state index is 3.65. The van der Waals surface area contributed by atoms with Gasteiger partial charge in [-0.3, -0.25) is 9.48 Å². The molecule has 0 amide bonds. The molecular formula is C12H25N4S2+. The molecule has 2 rings (SSSR count). The van der Waals surface area contributed by atoms with E-state index in [4.69, 9.17) is 0 Å². The summed E-state index contributed by atoms with van der Waals surface area (Å²) in [6.45, 7) is 7.96. The van der Waals surface area contributed by atoms with Crippen molar-refractivity contribution in [3.63, 3.8) is 0 Å². The molecule has 104 valence electrons. The van der Waals surface area contributed by atoms with Crippen molar-refractivity contribution in [3.05, 3.63) is 0 Å². The van der Waals surface area contributed by atoms with Gasteiger partial charge < -0.3 is 5.32 Å². The van der Waals surface area contributed by atoms with Crippen LogP contribution in [0.25, 0.3) is 0 Å². The number of nitrogens with one attached hydrogen (secondary N) is 2. The maximum Gasteiger partial charge on any atom is 0.319 e. The third kappa shape index (κ3) is 3.35. The van der Waals surface area contributed by atoms with Crippen molar-refractivity contribution in [3.8, 4) is 0 Å². The molecule has 0 aromatic rings. The minimum absolute atomic E-state index is 0.405. The molecule has 2 N–H and O–H groups in total. The van der Waals surface area contributed by atoms with Gasteiger partial charge in [0.05, 0.1) is 6.54 Å². The van der Waals surface area contributed by atoms with E-state index in [-0.39, 0.29) is 0 Å². The van der Waals surface area contributed by atoms with E-state index in [0.29, 0.717) is 11.5 Å². The first-order chi connectivity index (χ1) is 8.61. The Morgan fingerprint density at radius 2 is 2.28 bits per heavy atom. The molecule has 0 bridgehead atoms. The van der Waals surface area contributed by atoms with Crippen LogP contribution in [0.3, 0.4) is 0 Å². The van der Waals surface area contributed by atoms with Crippen molar-refractivity contribution in [1.82, 2.24) is 15.5 Å². The zero-order valence-corrected chi connectivity index (χ0v) is 13.4. The summed E-state index contributed by atoms with van der Waals surface area (Å²) in [4.78, 5) is 2.22. The number of hydrogen-bond donors (Lipinski definition) is 2. The van der Waals surface area contributed by atoms with Crippen molar-refractivity contribution in [1.29, 1.82) is 0 Å². The highest BCUT2D eigenvalue weighted by Gasteiger charge is 2.34. The molecule has 2 fully saturated rings. The Kier molecular flexibility index (Phi) is 5.24. The van der Waals surface area contributed by atoms with E-state index in [1.807, 2.05) is 21.6 Å². The SMILES string of the molecule is CCC(C)C1C[N+](=C2NC(N(C)C)SS2)CCN1. The van der Waals surface area contributed by atoms with Crippen molar-refractivity contribution in [2.45, 2.75) is 31.8 Å². The highest BCUT2D eigenvalue weighted by Crippen LogP contribution is 2.33. The predicted octanol–water partition coefficient (Wildman–Crippen LogP) is 1.20. The molecule has 18 heavy (non-hydrogen) atoms. The van der Waals surface area contributed by atoms with Gasteiger partial charge in [0.2, 0.25) is 5.50 Å². The van der Waals surface area contributed by atoms with E-state index in [1.54, 1.807) is 0 Å². The molecule has 0 radical (unpaired) electrons. The number of amidine groups is 1. The van der Waals surface area contributed by atoms with Crippen LogP contribution in [0.15, 0.2) is 0 Å². The third-order valence-electron chi connectivity index (χ3n) is 3.76. The molecule has 0 aliphatic carbocycles. The normalized spacial score (nSPS) is 34.7. The van der Waals surface area contributed by atoms with Crippen LogP contribution >= 0.6 is 21.6 Å². The van der Waals surface area contributed by atoms with Crippen LogP contribution in [-0.4, -0.2) is 59.9 Å². The molecule has 0 aromatic carbocycles. The molecule has 2 heterocycles. The quantitative estimate of drug-likeness (QED) is 0.602. The molecule has 0 saturated carbocycles. The van der Waals surface area contributed by atoms with Gasteiger partial charge in [0.15, 0.2) is 0 Å². The van der Waals surface area contributed by atoms with E-state index < -0.39 is 0 Å². The maximum absolute atomic E-state index is 3.65. The lowest BCUT2D eigenvalue weighted by Gasteiger charge is -2.29. The Morgan fingerprint density at radius 1 is 1.50 bits per heavy atom. The van der Waals surface area contributed by atoms with E-state index in [1.165, 1.54) is 11.6 Å². The average molecular weight is 289 g/mol. The van der Waals surface area contributed by atoms with Crippen molar-refractivity contribution >= 4 is 26.8 Å². The summed E-state index contributed by atoms with van der Waals surface area (Å²) in [6, 6.07) is 0.627. The third-order valence-corrected chi connectivity index (χ3v) is 6.42. The van der Waals surface area contributed by atoms with Crippen LogP contribution in [0.5, 0.6) is 0 Å². The molecule has 3 unspecified atom stereocenters. The number of rotatable bonds is 3. The highest BCUT2D eigenvalue weighted by atomic mass is 33.1. The number of piperazine rings is 1. The summed E-state index contributed by atoms with van der Waals surface area (Å²) in [7, 11) is 8.02. The standard InChI is InChI=1S/C12H24N4S2/c1-5-9(2)10-8-16(7-6-13-10)12-14-11(15(3)4)17-18-12/h9-11,13H,5-8H2,1-4H3/p+1. The first-order valence-electron chi connectivity index (χ1n) is 6.73. The summed E-state index contributed by atoms with van der Waals surface area (Å²) in [6.07, 6.45) is 1.25. The zero-order valence-electron chi connectivity index (χ0n) is 11.8. The first-order valence-corrected chi connectivity index (χ1v) is 8.94. The highest BCUT2D eigenvalue weighted by molar-refractivity contribution is 8.83. The first kappa shape index (κ1) is 14.5. The molecule has 2 aliphatic heterocycles. The molecule has 6 heteroatoms. The lowest BCUT2D eigenvalue weighted by atomic mass is 9.98. The monoisotopic (exact) mass is 289 g/mol. The molecule has 2 saturated heterocycles. The van der Waals surface area contributed by atoms with Gasteiger partial charge in [-0.2, -0.15) is 0 Å². The van der Waals surface area contributed by atoms with Crippen molar-refractivity contribution in [2.75, 3.05) is 33.7 Å². The number of hydrogen-bond acceptors (Lipinski definition) is 4. The fourth-order valence-corrected chi connectivity index (χ4v) is 4.92. The van der Waals surface area contributed by atoms with Crippen molar-refractivity contribution < 1.29 is 4.58 Å². The van der Waals surface area contributed by atoms with Crippen LogP contribution in [0.4, 0.5) is 0 Å². The van der Waals surface area contributed by atoms with Gasteiger partial charge in [0, 0.05) is 23.4 Å². The summed E-state index contributed by atoms with van der Waals surface area (Å²) in [5, 5.41) is 8.59. The van der Waals surface area contributed by atoms with Crippen molar-refractivity contribution in [2.24, 2.45) is 5.92 Å². The summed E-state index contributed by atoms with van der Waals surface area (Å²) < 4.78 is 2.51. The molecule has 3 atom stereocenters. The Morgan fingerprint density at radius 3 is 2.89 bits per heavy atom. The largest absolute Gasteiger partial charge is 0.319 e. The van der Waals surface area contributed by atoms with Crippen LogP contribution in [0.2, 0.25) is 0 Å². The summed E-state index contributed by atoms with van der Waals surface area (Å²) >= 11 is 0. The Bertz CT molecular complexity index is 319. The Hall–Kier alpha value is 0.0900. The predicted molar refractivity (Wildman–Crippen MR) is 82.0 cm³/mol. The van der Waals surface area contributed by atoms with Crippen LogP contribution < -0.4 is 10.6 Å². The minimum atomic E-state index is 0.405. The molecule has 2 aliphatic rings. The lowest BCUT2D eigenvalue weighted by Crippen LogP contribution is -2.52. The second-order valence-electron chi connectivity index (χ2n) is 5.34. The molecular weight excluding hydrogens is 264 g/mol. The van der Waals surface area contributed by atoms with Gasteiger partial charge in [-0.25, -0.2) is 5.32 Å². The molecule has 4 nitrogen and oxygen atoms in total. The van der Waals surface area contributed by atoms with Gasteiger partial charge >= 0.3 is 5.17 Å². The smallest absolute Gasteiger partial charge is 0.306 e. The van der Waals surface area contributed by atoms with Crippen LogP contribution in [-0.2, 0) is 0 Å². The minimum Gasteiger partial charge on any atom is -0.306 e. The fourth-order valence-electron chi connectivity index (χ4n) is 2.23. The molecule has 0 aromatic heterocycles. The van der Waals surface area contributed by atoms with Crippen LogP contribution in [0.1, 0.15) is 20.3 Å². The number of nitrogens with zero attached hydrogens (tertiary/aromatic N) is 2. The second kappa shape index (κ2) is 6.50. The second-order valence-corrected chi connectivity index (χ2v) is 7.61. The van der Waals surface area contributed by atoms with E-state index in [9.17, 15) is 0 Å². The summed E-state index contributed by atoms with van der Waals surface area (Å²) in [5.74, 6) is 0.747. The molecule has 0 spiro atoms. The summed E-state index contributed by atoms with van der Waals surface area (Å²) in [5.41, 5.74) is 0.405. The van der Waals surface area contributed by atoms with Gasteiger partial charge in [0.1, 0.15) is 6.54 Å². The van der Waals surface area contributed by atoms with Gasteiger partial charge in [-0.1, -0.05) is 20.3 Å². The Labute approximate surface area is 118 Å². The lowest BCUT2D eigenvalue weighted by molar-refractivity contribution is -0.539. The Balaban J connectivity index is 2.00. The zero-order chi connectivity index (χ0) is 13.1. The van der Waals surface area contributed by atoms with Gasteiger partial charge in [-0.05, 0) is 30.8 Å². The van der Waals surface area contributed by atoms with Gasteiger partial charge in [0.25, 0.3) is 0 Å². The fraction of sp³-hybridized carbons (Fsp3) is 0.917. The van der Waals surface area contributed by atoms with Gasteiger partial charge in [-0.15, -0.1) is 0 Å². The average Bonchev–Trinajstić information content (AvgIpc) is 2.88. The topological polar surface area (TPSA) is 30.3 Å².